The molecule has 2 atom stereocenters. The van der Waals surface area contributed by atoms with E-state index in [-0.39, 0.29) is 11.9 Å². The summed E-state index contributed by atoms with van der Waals surface area (Å²) in [5.74, 6) is 0.381. The van der Waals surface area contributed by atoms with Crippen LogP contribution in [0.5, 0.6) is 0 Å². The zero-order valence-electron chi connectivity index (χ0n) is 10.2. The van der Waals surface area contributed by atoms with Crippen LogP contribution in [0, 0.1) is 11.7 Å². The van der Waals surface area contributed by atoms with Crippen molar-refractivity contribution in [3.05, 3.63) is 34.1 Å². The van der Waals surface area contributed by atoms with Gasteiger partial charge >= 0.3 is 0 Å². The topological polar surface area (TPSA) is 12.0 Å². The molecule has 0 fully saturated rings. The van der Waals surface area contributed by atoms with Crippen molar-refractivity contribution in [1.29, 1.82) is 0 Å². The Labute approximate surface area is 106 Å². The van der Waals surface area contributed by atoms with Gasteiger partial charge in [-0.15, -0.1) is 0 Å². The summed E-state index contributed by atoms with van der Waals surface area (Å²) < 4.78 is 14.5. The third-order valence-corrected chi connectivity index (χ3v) is 3.44. The van der Waals surface area contributed by atoms with Gasteiger partial charge in [-0.05, 0) is 31.9 Å². The molecule has 0 heterocycles. The largest absolute Gasteiger partial charge is 0.307 e. The minimum Gasteiger partial charge on any atom is -0.307 e. The summed E-state index contributed by atoms with van der Waals surface area (Å²) in [5, 5.41) is 3.40. The predicted octanol–water partition coefficient (Wildman–Crippen LogP) is 4.28. The lowest BCUT2D eigenvalue weighted by Gasteiger charge is -2.23. The fraction of sp³-hybridized carbons (Fsp3) is 0.538. The van der Waals surface area contributed by atoms with Gasteiger partial charge in [-0.3, -0.25) is 0 Å². The Morgan fingerprint density at radius 3 is 2.31 bits per heavy atom. The molecule has 0 radical (unpaired) electrons. The quantitative estimate of drug-likeness (QED) is 0.871. The van der Waals surface area contributed by atoms with Gasteiger partial charge in [0, 0.05) is 22.1 Å². The highest BCUT2D eigenvalue weighted by Crippen LogP contribution is 2.21. The van der Waals surface area contributed by atoms with Crippen LogP contribution in [0.3, 0.4) is 0 Å². The molecule has 0 aromatic heterocycles. The van der Waals surface area contributed by atoms with Crippen molar-refractivity contribution in [3.63, 3.8) is 0 Å². The van der Waals surface area contributed by atoms with Crippen LogP contribution >= 0.6 is 15.9 Å². The molecule has 3 heteroatoms. The van der Waals surface area contributed by atoms with Crippen LogP contribution in [0.1, 0.15) is 39.3 Å². The Morgan fingerprint density at radius 1 is 1.19 bits per heavy atom. The minimum absolute atomic E-state index is 0.0329. The molecule has 0 spiro atoms. The molecule has 16 heavy (non-hydrogen) atoms. The molecule has 0 bridgehead atoms. The Kier molecular flexibility index (Phi) is 4.93. The van der Waals surface area contributed by atoms with Crippen molar-refractivity contribution < 1.29 is 4.39 Å². The van der Waals surface area contributed by atoms with Gasteiger partial charge in [0.15, 0.2) is 0 Å². The zero-order chi connectivity index (χ0) is 12.3. The zero-order valence-corrected chi connectivity index (χ0v) is 11.8. The standard InChI is InChI=1S/C13H19BrFN/c1-8(2)9(3)16-10(4)12-6-5-11(14)7-13(12)15/h5-10,16H,1-4H3. The summed E-state index contributed by atoms with van der Waals surface area (Å²) in [7, 11) is 0. The van der Waals surface area contributed by atoms with Gasteiger partial charge in [-0.1, -0.05) is 35.8 Å². The highest BCUT2D eigenvalue weighted by atomic mass is 79.9. The van der Waals surface area contributed by atoms with Gasteiger partial charge in [0.25, 0.3) is 0 Å². The first-order chi connectivity index (χ1) is 7.41. The molecule has 0 aliphatic carbocycles. The lowest BCUT2D eigenvalue weighted by atomic mass is 10.0. The van der Waals surface area contributed by atoms with E-state index in [0.717, 1.165) is 10.0 Å². The molecule has 1 N–H and O–H groups in total. The summed E-state index contributed by atoms with van der Waals surface area (Å²) in [6.45, 7) is 8.42. The Morgan fingerprint density at radius 2 is 1.81 bits per heavy atom. The maximum Gasteiger partial charge on any atom is 0.129 e. The van der Waals surface area contributed by atoms with Crippen LogP contribution in [0.4, 0.5) is 4.39 Å². The van der Waals surface area contributed by atoms with Crippen LogP contribution in [-0.2, 0) is 0 Å². The fourth-order valence-corrected chi connectivity index (χ4v) is 1.86. The fourth-order valence-electron chi connectivity index (χ4n) is 1.53. The molecule has 0 aliphatic heterocycles. The molecule has 1 aromatic carbocycles. The Balaban J connectivity index is 2.76. The van der Waals surface area contributed by atoms with Gasteiger partial charge in [0.1, 0.15) is 5.82 Å². The van der Waals surface area contributed by atoms with E-state index < -0.39 is 0 Å². The molecule has 0 amide bonds. The molecule has 90 valence electrons. The number of nitrogens with one attached hydrogen (secondary N) is 1. The second kappa shape index (κ2) is 5.78. The monoisotopic (exact) mass is 287 g/mol. The van der Waals surface area contributed by atoms with Crippen LogP contribution in [0.15, 0.2) is 22.7 Å². The second-order valence-electron chi connectivity index (χ2n) is 4.59. The first kappa shape index (κ1) is 13.7. The third-order valence-electron chi connectivity index (χ3n) is 2.94. The van der Waals surface area contributed by atoms with E-state index >= 15 is 0 Å². The molecule has 0 saturated carbocycles. The molecule has 1 nitrogen and oxygen atoms in total. The predicted molar refractivity (Wildman–Crippen MR) is 70.0 cm³/mol. The van der Waals surface area contributed by atoms with Crippen LogP contribution in [-0.4, -0.2) is 6.04 Å². The first-order valence-corrected chi connectivity index (χ1v) is 6.42. The van der Waals surface area contributed by atoms with Gasteiger partial charge in [0.2, 0.25) is 0 Å². The maximum absolute atomic E-state index is 13.7. The lowest BCUT2D eigenvalue weighted by molar-refractivity contribution is 0.382. The van der Waals surface area contributed by atoms with Gasteiger partial charge in [-0.25, -0.2) is 4.39 Å². The normalized spacial score (nSPS) is 15.2. The van der Waals surface area contributed by atoms with E-state index in [0.29, 0.717) is 12.0 Å². The highest BCUT2D eigenvalue weighted by molar-refractivity contribution is 9.10. The molecule has 1 aromatic rings. The molecule has 2 unspecified atom stereocenters. The van der Waals surface area contributed by atoms with E-state index in [1.54, 1.807) is 0 Å². The van der Waals surface area contributed by atoms with Gasteiger partial charge in [0.05, 0.1) is 0 Å². The third kappa shape index (κ3) is 3.56. The summed E-state index contributed by atoms with van der Waals surface area (Å²) in [4.78, 5) is 0. The van der Waals surface area contributed by atoms with Gasteiger partial charge < -0.3 is 5.32 Å². The van der Waals surface area contributed by atoms with Crippen molar-refractivity contribution in [2.75, 3.05) is 0 Å². The first-order valence-electron chi connectivity index (χ1n) is 5.62. The molecular weight excluding hydrogens is 269 g/mol. The number of hydrogen-bond acceptors (Lipinski definition) is 1. The van der Waals surface area contributed by atoms with Crippen molar-refractivity contribution in [2.45, 2.75) is 39.8 Å². The van der Waals surface area contributed by atoms with E-state index in [9.17, 15) is 4.39 Å². The van der Waals surface area contributed by atoms with E-state index in [1.807, 2.05) is 19.1 Å². The van der Waals surface area contributed by atoms with Gasteiger partial charge in [-0.2, -0.15) is 0 Å². The lowest BCUT2D eigenvalue weighted by Crippen LogP contribution is -2.33. The smallest absolute Gasteiger partial charge is 0.129 e. The molecular formula is C13H19BrFN. The molecule has 1 rings (SSSR count). The maximum atomic E-state index is 13.7. The summed E-state index contributed by atoms with van der Waals surface area (Å²) in [6, 6.07) is 5.61. The van der Waals surface area contributed by atoms with Crippen molar-refractivity contribution in [2.24, 2.45) is 5.92 Å². The summed E-state index contributed by atoms with van der Waals surface area (Å²) in [5.41, 5.74) is 0.718. The Bertz CT molecular complexity index is 352. The molecule has 0 aliphatic rings. The Hall–Kier alpha value is -0.410. The van der Waals surface area contributed by atoms with E-state index in [1.165, 1.54) is 6.07 Å². The van der Waals surface area contributed by atoms with Crippen molar-refractivity contribution in [3.8, 4) is 0 Å². The average molecular weight is 288 g/mol. The number of hydrogen-bond donors (Lipinski definition) is 1. The van der Waals surface area contributed by atoms with Crippen LogP contribution < -0.4 is 5.32 Å². The number of rotatable bonds is 4. The SMILES string of the molecule is CC(NC(C)C(C)C)c1ccc(Br)cc1F. The number of benzene rings is 1. The minimum atomic E-state index is -0.162. The van der Waals surface area contributed by atoms with E-state index in [4.69, 9.17) is 0 Å². The number of halogens is 2. The van der Waals surface area contributed by atoms with Crippen molar-refractivity contribution in [1.82, 2.24) is 5.32 Å². The van der Waals surface area contributed by atoms with E-state index in [2.05, 4.69) is 42.0 Å². The van der Waals surface area contributed by atoms with Crippen LogP contribution in [0.2, 0.25) is 0 Å². The summed E-state index contributed by atoms with van der Waals surface area (Å²) in [6.07, 6.45) is 0. The molecule has 0 saturated heterocycles. The average Bonchev–Trinajstić information content (AvgIpc) is 2.16. The highest BCUT2D eigenvalue weighted by Gasteiger charge is 2.15. The van der Waals surface area contributed by atoms with Crippen LogP contribution in [0.25, 0.3) is 0 Å². The van der Waals surface area contributed by atoms with Crippen molar-refractivity contribution >= 4 is 15.9 Å². The second-order valence-corrected chi connectivity index (χ2v) is 5.50. The summed E-state index contributed by atoms with van der Waals surface area (Å²) >= 11 is 3.26.